The van der Waals surface area contributed by atoms with Gasteiger partial charge in [-0.05, 0) is 47.5 Å². The van der Waals surface area contributed by atoms with E-state index in [1.54, 1.807) is 14.2 Å². The number of aliphatic imine (C=N–C) groups is 1. The summed E-state index contributed by atoms with van der Waals surface area (Å²) in [5.41, 5.74) is 1.10. The third kappa shape index (κ3) is 6.09. The molecule has 1 aromatic carbocycles. The molecule has 0 bridgehead atoms. The average Bonchev–Trinajstić information content (AvgIpc) is 2.54. The Morgan fingerprint density at radius 1 is 1.36 bits per heavy atom. The maximum absolute atomic E-state index is 5.41. The van der Waals surface area contributed by atoms with Gasteiger partial charge in [0.15, 0.2) is 17.5 Å². The molecular weight excluding hydrogens is 517 g/mol. The fraction of sp³-hybridized carbons (Fsp3) is 0.588. The third-order valence-electron chi connectivity index (χ3n) is 3.88. The maximum atomic E-state index is 5.41. The van der Waals surface area contributed by atoms with Gasteiger partial charge in [-0.25, -0.2) is 0 Å². The van der Waals surface area contributed by atoms with E-state index in [4.69, 9.17) is 9.47 Å². The number of benzene rings is 1. The van der Waals surface area contributed by atoms with Crippen LogP contribution in [0.1, 0.15) is 19.4 Å². The number of guanidine groups is 1. The maximum Gasteiger partial charge on any atom is 0.193 e. The van der Waals surface area contributed by atoms with Crippen LogP contribution < -0.4 is 14.8 Å². The van der Waals surface area contributed by atoms with Gasteiger partial charge in [-0.15, -0.1) is 24.0 Å². The van der Waals surface area contributed by atoms with Gasteiger partial charge in [0.05, 0.1) is 18.7 Å². The highest BCUT2D eigenvalue weighted by atomic mass is 127. The fourth-order valence-electron chi connectivity index (χ4n) is 2.78. The summed E-state index contributed by atoms with van der Waals surface area (Å²) in [6.07, 6.45) is 0. The van der Waals surface area contributed by atoms with Gasteiger partial charge in [0.25, 0.3) is 0 Å². The van der Waals surface area contributed by atoms with E-state index >= 15 is 0 Å². The van der Waals surface area contributed by atoms with E-state index in [9.17, 15) is 0 Å². The van der Waals surface area contributed by atoms with Gasteiger partial charge < -0.3 is 19.7 Å². The Hall–Kier alpha value is -0.350. The Labute approximate surface area is 180 Å². The topological polar surface area (TPSA) is 46.1 Å². The summed E-state index contributed by atoms with van der Waals surface area (Å²) in [4.78, 5) is 6.77. The van der Waals surface area contributed by atoms with Crippen LogP contribution in [0.5, 0.6) is 11.5 Å². The van der Waals surface area contributed by atoms with Crippen LogP contribution in [0.4, 0.5) is 0 Å². The number of rotatable bonds is 4. The van der Waals surface area contributed by atoms with Crippen LogP contribution in [0.25, 0.3) is 0 Å². The van der Waals surface area contributed by atoms with Crippen molar-refractivity contribution in [2.24, 2.45) is 4.99 Å². The molecule has 0 saturated carbocycles. The van der Waals surface area contributed by atoms with Crippen LogP contribution in [0.15, 0.2) is 21.6 Å². The molecule has 0 aliphatic carbocycles. The van der Waals surface area contributed by atoms with Crippen molar-refractivity contribution in [1.29, 1.82) is 0 Å². The van der Waals surface area contributed by atoms with Crippen LogP contribution in [0.3, 0.4) is 0 Å². The van der Waals surface area contributed by atoms with Gasteiger partial charge in [0, 0.05) is 37.2 Å². The molecule has 0 radical (unpaired) electrons. The molecule has 0 aromatic heterocycles. The first-order valence-electron chi connectivity index (χ1n) is 7.90. The lowest BCUT2D eigenvalue weighted by molar-refractivity contribution is 0.352. The number of halogens is 2. The summed E-state index contributed by atoms with van der Waals surface area (Å²) in [5.74, 6) is 3.49. The minimum atomic E-state index is 0. The van der Waals surface area contributed by atoms with E-state index in [1.807, 2.05) is 30.9 Å². The Balaban J connectivity index is 0.00000312. The number of ether oxygens (including phenoxy) is 2. The highest BCUT2D eigenvalue weighted by molar-refractivity contribution is 14.0. The number of hydrogen-bond donors (Lipinski definition) is 1. The van der Waals surface area contributed by atoms with Crippen LogP contribution >= 0.6 is 51.7 Å². The number of methoxy groups -OCH3 is 2. The van der Waals surface area contributed by atoms with E-state index in [2.05, 4.69) is 45.0 Å². The van der Waals surface area contributed by atoms with Gasteiger partial charge >= 0.3 is 0 Å². The van der Waals surface area contributed by atoms with Crippen molar-refractivity contribution in [3.63, 3.8) is 0 Å². The Morgan fingerprint density at radius 3 is 2.64 bits per heavy atom. The lowest BCUT2D eigenvalue weighted by Crippen LogP contribution is -2.50. The summed E-state index contributed by atoms with van der Waals surface area (Å²) in [5, 5.41) is 3.46. The van der Waals surface area contributed by atoms with Crippen LogP contribution in [-0.4, -0.2) is 55.7 Å². The largest absolute Gasteiger partial charge is 0.493 e. The SMILES string of the molecule is CN=C(NCc1cc(Br)c(OC)c(OC)c1)N1CCSC(C)(C)C1.I. The predicted molar refractivity (Wildman–Crippen MR) is 121 cm³/mol. The van der Waals surface area contributed by atoms with E-state index in [1.165, 1.54) is 0 Å². The second-order valence-electron chi connectivity index (χ2n) is 6.24. The van der Waals surface area contributed by atoms with Gasteiger partial charge in [-0.1, -0.05) is 0 Å². The molecule has 1 saturated heterocycles. The highest BCUT2D eigenvalue weighted by Gasteiger charge is 2.28. The van der Waals surface area contributed by atoms with Gasteiger partial charge in [0.2, 0.25) is 0 Å². The van der Waals surface area contributed by atoms with E-state index < -0.39 is 0 Å². The summed E-state index contributed by atoms with van der Waals surface area (Å²) in [6, 6.07) is 4.03. The molecule has 1 aromatic rings. The first-order valence-corrected chi connectivity index (χ1v) is 9.68. The monoisotopic (exact) mass is 543 g/mol. The number of nitrogens with zero attached hydrogens (tertiary/aromatic N) is 2. The fourth-order valence-corrected chi connectivity index (χ4v) is 4.55. The minimum absolute atomic E-state index is 0. The quantitative estimate of drug-likeness (QED) is 0.353. The number of nitrogens with one attached hydrogen (secondary N) is 1. The zero-order valence-corrected chi connectivity index (χ0v) is 20.1. The smallest absolute Gasteiger partial charge is 0.193 e. The molecule has 0 amide bonds. The molecule has 1 aliphatic heterocycles. The molecule has 25 heavy (non-hydrogen) atoms. The molecule has 5 nitrogen and oxygen atoms in total. The second kappa shape index (κ2) is 10.1. The summed E-state index contributed by atoms with van der Waals surface area (Å²) < 4.78 is 11.9. The van der Waals surface area contributed by atoms with Crippen molar-refractivity contribution < 1.29 is 9.47 Å². The molecule has 1 heterocycles. The summed E-state index contributed by atoms with van der Waals surface area (Å²) in [7, 11) is 5.12. The first-order chi connectivity index (χ1) is 11.4. The summed E-state index contributed by atoms with van der Waals surface area (Å²) >= 11 is 5.55. The van der Waals surface area contributed by atoms with Crippen molar-refractivity contribution in [2.75, 3.05) is 40.1 Å². The van der Waals surface area contributed by atoms with Crippen molar-refractivity contribution in [3.8, 4) is 11.5 Å². The summed E-state index contributed by atoms with van der Waals surface area (Å²) in [6.45, 7) is 7.25. The van der Waals surface area contributed by atoms with E-state index in [0.717, 1.165) is 34.8 Å². The Kier molecular flexibility index (Phi) is 9.17. The first kappa shape index (κ1) is 22.7. The molecule has 1 N–H and O–H groups in total. The highest BCUT2D eigenvalue weighted by Crippen LogP contribution is 2.36. The zero-order valence-electron chi connectivity index (χ0n) is 15.4. The molecule has 1 fully saturated rings. The molecule has 8 heteroatoms. The molecule has 0 atom stereocenters. The Bertz CT molecular complexity index is 614. The number of hydrogen-bond acceptors (Lipinski definition) is 4. The van der Waals surface area contributed by atoms with Gasteiger partial charge in [-0.3, -0.25) is 4.99 Å². The van der Waals surface area contributed by atoms with Crippen LogP contribution in [-0.2, 0) is 6.54 Å². The van der Waals surface area contributed by atoms with E-state index in [-0.39, 0.29) is 28.7 Å². The lowest BCUT2D eigenvalue weighted by atomic mass is 10.2. The zero-order chi connectivity index (χ0) is 17.7. The van der Waals surface area contributed by atoms with Gasteiger partial charge in [-0.2, -0.15) is 11.8 Å². The van der Waals surface area contributed by atoms with Crippen molar-refractivity contribution in [1.82, 2.24) is 10.2 Å². The minimum Gasteiger partial charge on any atom is -0.493 e. The van der Waals surface area contributed by atoms with Crippen molar-refractivity contribution in [2.45, 2.75) is 25.1 Å². The van der Waals surface area contributed by atoms with Gasteiger partial charge in [0.1, 0.15) is 0 Å². The lowest BCUT2D eigenvalue weighted by Gasteiger charge is -2.39. The molecule has 2 rings (SSSR count). The molecular formula is C17H27BrIN3O2S. The van der Waals surface area contributed by atoms with Crippen LogP contribution in [0.2, 0.25) is 0 Å². The molecule has 142 valence electrons. The van der Waals surface area contributed by atoms with Crippen molar-refractivity contribution in [3.05, 3.63) is 22.2 Å². The van der Waals surface area contributed by atoms with Crippen molar-refractivity contribution >= 4 is 57.6 Å². The standard InChI is InChI=1S/C17H26BrN3O2S.HI/c1-17(2)11-21(6-7-24-17)16(19-3)20-10-12-8-13(18)15(23-5)14(9-12)22-4;/h8-9H,6-7,10-11H2,1-5H3,(H,19,20);1H. The second-order valence-corrected chi connectivity index (χ2v) is 8.90. The van der Waals surface area contributed by atoms with E-state index in [0.29, 0.717) is 18.0 Å². The molecule has 0 unspecified atom stereocenters. The Morgan fingerprint density at radius 2 is 2.08 bits per heavy atom. The molecule has 1 aliphatic rings. The number of thioether (sulfide) groups is 1. The normalized spacial score (nSPS) is 16.9. The molecule has 0 spiro atoms. The third-order valence-corrected chi connectivity index (χ3v) is 5.77. The average molecular weight is 544 g/mol. The van der Waals surface area contributed by atoms with Crippen LogP contribution in [0, 0.1) is 0 Å². The predicted octanol–water partition coefficient (Wildman–Crippen LogP) is 3.99.